The van der Waals surface area contributed by atoms with E-state index < -0.39 is 22.1 Å². The van der Waals surface area contributed by atoms with Crippen molar-refractivity contribution in [3.63, 3.8) is 0 Å². The van der Waals surface area contributed by atoms with Crippen molar-refractivity contribution in [3.05, 3.63) is 29.3 Å². The number of hydrogen-bond acceptors (Lipinski definition) is 5. The summed E-state index contributed by atoms with van der Waals surface area (Å²) < 4.78 is 32.4. The third-order valence-electron chi connectivity index (χ3n) is 3.94. The van der Waals surface area contributed by atoms with Crippen LogP contribution >= 0.6 is 0 Å². The fourth-order valence-electron chi connectivity index (χ4n) is 2.55. The lowest BCUT2D eigenvalue weighted by Gasteiger charge is -2.31. The molecule has 132 valence electrons. The molecule has 0 spiro atoms. The van der Waals surface area contributed by atoms with Crippen molar-refractivity contribution < 1.29 is 27.9 Å². The fourth-order valence-corrected chi connectivity index (χ4v) is 3.99. The normalized spacial score (nSPS) is 15.8. The standard InChI is InChI=1S/C15H20N2O6S/c1-16(24(21,22)17-6-4-3-5-7-17)13-9-11(14(18)19)8-12(10-13)15(20)23-2/h8-10H,3-7H2,1-2H3,(H,18,19). The molecule has 0 aromatic heterocycles. The number of rotatable bonds is 5. The van der Waals surface area contributed by atoms with Crippen LogP contribution in [-0.2, 0) is 14.9 Å². The van der Waals surface area contributed by atoms with Gasteiger partial charge in [0.25, 0.3) is 0 Å². The highest BCUT2D eigenvalue weighted by Crippen LogP contribution is 2.24. The number of piperidine rings is 1. The van der Waals surface area contributed by atoms with Gasteiger partial charge in [0.05, 0.1) is 23.9 Å². The lowest BCUT2D eigenvalue weighted by atomic mass is 10.1. The van der Waals surface area contributed by atoms with Gasteiger partial charge < -0.3 is 9.84 Å². The van der Waals surface area contributed by atoms with Crippen LogP contribution in [0.15, 0.2) is 18.2 Å². The molecule has 8 nitrogen and oxygen atoms in total. The minimum atomic E-state index is -3.79. The Labute approximate surface area is 140 Å². The van der Waals surface area contributed by atoms with E-state index in [1.54, 1.807) is 0 Å². The SMILES string of the molecule is COC(=O)c1cc(C(=O)O)cc(N(C)S(=O)(=O)N2CCCCC2)c1. The maximum Gasteiger partial charge on any atom is 0.337 e. The molecule has 1 aliphatic heterocycles. The van der Waals surface area contributed by atoms with Crippen LogP contribution in [0, 0.1) is 0 Å². The number of anilines is 1. The van der Waals surface area contributed by atoms with E-state index in [4.69, 9.17) is 0 Å². The number of carboxylic acids is 1. The number of carbonyl (C=O) groups excluding carboxylic acids is 1. The highest BCUT2D eigenvalue weighted by atomic mass is 32.2. The molecule has 0 bridgehead atoms. The summed E-state index contributed by atoms with van der Waals surface area (Å²) in [5, 5.41) is 9.19. The van der Waals surface area contributed by atoms with Gasteiger partial charge in [-0.05, 0) is 31.0 Å². The molecular formula is C15H20N2O6S. The molecule has 1 fully saturated rings. The largest absolute Gasteiger partial charge is 0.478 e. The van der Waals surface area contributed by atoms with Crippen molar-refractivity contribution in [2.24, 2.45) is 0 Å². The van der Waals surface area contributed by atoms with Gasteiger partial charge in [-0.15, -0.1) is 0 Å². The van der Waals surface area contributed by atoms with Crippen LogP contribution in [0.2, 0.25) is 0 Å². The zero-order valence-electron chi connectivity index (χ0n) is 13.6. The Bertz CT molecular complexity index is 740. The fraction of sp³-hybridized carbons (Fsp3) is 0.467. The summed E-state index contributed by atoms with van der Waals surface area (Å²) in [6, 6.07) is 3.68. The average molecular weight is 356 g/mol. The van der Waals surface area contributed by atoms with Gasteiger partial charge in [-0.2, -0.15) is 12.7 Å². The van der Waals surface area contributed by atoms with E-state index in [0.29, 0.717) is 13.1 Å². The van der Waals surface area contributed by atoms with Crippen LogP contribution < -0.4 is 4.31 Å². The summed E-state index contributed by atoms with van der Waals surface area (Å²) >= 11 is 0. The molecule has 0 saturated carbocycles. The highest BCUT2D eigenvalue weighted by Gasteiger charge is 2.29. The van der Waals surface area contributed by atoms with Crippen LogP contribution in [0.5, 0.6) is 0 Å². The zero-order valence-corrected chi connectivity index (χ0v) is 14.4. The second kappa shape index (κ2) is 7.18. The van der Waals surface area contributed by atoms with Gasteiger partial charge in [0.15, 0.2) is 0 Å². The first-order chi connectivity index (χ1) is 11.3. The van der Waals surface area contributed by atoms with Gasteiger partial charge in [0.2, 0.25) is 0 Å². The minimum Gasteiger partial charge on any atom is -0.478 e. The van der Waals surface area contributed by atoms with Gasteiger partial charge in [-0.25, -0.2) is 9.59 Å². The monoisotopic (exact) mass is 356 g/mol. The molecule has 2 rings (SSSR count). The van der Waals surface area contributed by atoms with E-state index in [1.165, 1.54) is 30.6 Å². The Morgan fingerprint density at radius 1 is 1.12 bits per heavy atom. The van der Waals surface area contributed by atoms with E-state index in [1.807, 2.05) is 0 Å². The second-order valence-corrected chi connectivity index (χ2v) is 7.46. The van der Waals surface area contributed by atoms with Gasteiger partial charge in [0.1, 0.15) is 0 Å². The Morgan fingerprint density at radius 3 is 2.25 bits per heavy atom. The molecule has 9 heteroatoms. The van der Waals surface area contributed by atoms with Gasteiger partial charge in [-0.3, -0.25) is 4.31 Å². The van der Waals surface area contributed by atoms with Crippen LogP contribution in [0.1, 0.15) is 40.0 Å². The van der Waals surface area contributed by atoms with E-state index in [9.17, 15) is 23.1 Å². The van der Waals surface area contributed by atoms with E-state index in [2.05, 4.69) is 4.74 Å². The summed E-state index contributed by atoms with van der Waals surface area (Å²) in [6.07, 6.45) is 2.56. The van der Waals surface area contributed by atoms with Crippen LogP contribution in [0.25, 0.3) is 0 Å². The van der Waals surface area contributed by atoms with Gasteiger partial charge in [-0.1, -0.05) is 6.42 Å². The van der Waals surface area contributed by atoms with Gasteiger partial charge in [0, 0.05) is 20.1 Å². The number of aromatic carboxylic acids is 1. The van der Waals surface area contributed by atoms with E-state index >= 15 is 0 Å². The lowest BCUT2D eigenvalue weighted by molar-refractivity contribution is 0.0600. The molecule has 0 unspecified atom stereocenters. The van der Waals surface area contributed by atoms with Crippen molar-refractivity contribution in [2.45, 2.75) is 19.3 Å². The molecule has 1 aromatic rings. The maximum atomic E-state index is 12.7. The van der Waals surface area contributed by atoms with Crippen molar-refractivity contribution in [3.8, 4) is 0 Å². The van der Waals surface area contributed by atoms with Crippen molar-refractivity contribution >= 4 is 27.8 Å². The molecule has 0 radical (unpaired) electrons. The summed E-state index contributed by atoms with van der Waals surface area (Å²) in [5.41, 5.74) is -0.109. The topological polar surface area (TPSA) is 104 Å². The third-order valence-corrected chi connectivity index (χ3v) is 5.86. The molecule has 0 atom stereocenters. The average Bonchev–Trinajstić information content (AvgIpc) is 2.60. The van der Waals surface area contributed by atoms with E-state index in [-0.39, 0.29) is 16.8 Å². The minimum absolute atomic E-state index is 0.0203. The molecule has 1 N–H and O–H groups in total. The smallest absolute Gasteiger partial charge is 0.337 e. The number of ether oxygens (including phenoxy) is 1. The van der Waals surface area contributed by atoms with E-state index in [0.717, 1.165) is 29.6 Å². The number of carbonyl (C=O) groups is 2. The highest BCUT2D eigenvalue weighted by molar-refractivity contribution is 7.90. The Hall–Kier alpha value is -2.13. The summed E-state index contributed by atoms with van der Waals surface area (Å²) in [4.78, 5) is 23.0. The van der Waals surface area contributed by atoms with Crippen molar-refractivity contribution in [1.29, 1.82) is 0 Å². The summed E-state index contributed by atoms with van der Waals surface area (Å²) in [6.45, 7) is 0.851. The second-order valence-electron chi connectivity index (χ2n) is 5.50. The predicted octanol–water partition coefficient (Wildman–Crippen LogP) is 1.34. The predicted molar refractivity (Wildman–Crippen MR) is 87.5 cm³/mol. The first kappa shape index (κ1) is 18.2. The zero-order chi connectivity index (χ0) is 17.9. The van der Waals surface area contributed by atoms with Crippen molar-refractivity contribution in [1.82, 2.24) is 4.31 Å². The molecular weight excluding hydrogens is 336 g/mol. The summed E-state index contributed by atoms with van der Waals surface area (Å²) in [5.74, 6) is -1.99. The number of esters is 1. The molecule has 1 heterocycles. The third kappa shape index (κ3) is 3.68. The quantitative estimate of drug-likeness (QED) is 0.798. The Morgan fingerprint density at radius 2 is 1.71 bits per heavy atom. The number of benzene rings is 1. The van der Waals surface area contributed by atoms with Crippen LogP contribution in [0.4, 0.5) is 5.69 Å². The van der Waals surface area contributed by atoms with Crippen molar-refractivity contribution in [2.75, 3.05) is 31.6 Å². The Balaban J connectivity index is 2.43. The first-order valence-corrected chi connectivity index (χ1v) is 8.87. The molecule has 1 aliphatic rings. The maximum absolute atomic E-state index is 12.7. The molecule has 0 amide bonds. The molecule has 1 aromatic carbocycles. The first-order valence-electron chi connectivity index (χ1n) is 7.48. The van der Waals surface area contributed by atoms with Crippen LogP contribution in [0.3, 0.4) is 0 Å². The lowest BCUT2D eigenvalue weighted by Crippen LogP contribution is -2.44. The number of nitrogens with zero attached hydrogens (tertiary/aromatic N) is 2. The van der Waals surface area contributed by atoms with Gasteiger partial charge >= 0.3 is 22.1 Å². The number of methoxy groups -OCH3 is 1. The molecule has 0 aliphatic carbocycles. The molecule has 1 saturated heterocycles. The number of hydrogen-bond donors (Lipinski definition) is 1. The number of carboxylic acid groups (broad SMARTS) is 1. The Kier molecular flexibility index (Phi) is 5.45. The molecule has 24 heavy (non-hydrogen) atoms. The van der Waals surface area contributed by atoms with Crippen LogP contribution in [-0.4, -0.2) is 57.0 Å². The summed E-state index contributed by atoms with van der Waals surface area (Å²) in [7, 11) is -1.28.